The highest BCUT2D eigenvalue weighted by Crippen LogP contribution is 2.40. The Morgan fingerprint density at radius 2 is 2.27 bits per heavy atom. The molecular weight excluding hydrogens is 285 g/mol. The second-order valence-corrected chi connectivity index (χ2v) is 5.41. The Kier molecular flexibility index (Phi) is 3.83. The summed E-state index contributed by atoms with van der Waals surface area (Å²) in [6, 6.07) is 4.61. The number of ether oxygens (including phenoxy) is 1. The molecule has 1 aliphatic heterocycles. The number of anilines is 1. The molecule has 2 aromatic rings. The third-order valence-electron chi connectivity index (χ3n) is 3.96. The highest BCUT2D eigenvalue weighted by atomic mass is 19.1. The molecular formula is C16H18FN3O2. The van der Waals surface area contributed by atoms with Crippen LogP contribution in [0.15, 0.2) is 18.2 Å². The number of aromatic nitrogens is 2. The number of aryl methyl sites for hydroxylation is 1. The largest absolute Gasteiger partial charge is 0.497 e. The topological polar surface area (TPSA) is 67.0 Å². The van der Waals surface area contributed by atoms with Crippen LogP contribution in [0.4, 0.5) is 10.2 Å². The van der Waals surface area contributed by atoms with Gasteiger partial charge in [0, 0.05) is 23.6 Å². The fourth-order valence-electron chi connectivity index (χ4n) is 2.95. The van der Waals surface area contributed by atoms with E-state index in [0.29, 0.717) is 17.1 Å². The molecule has 5 nitrogen and oxygen atoms in total. The molecule has 0 radical (unpaired) electrons. The van der Waals surface area contributed by atoms with Crippen molar-refractivity contribution in [2.75, 3.05) is 12.4 Å². The molecule has 0 saturated carbocycles. The summed E-state index contributed by atoms with van der Waals surface area (Å²) in [6.45, 7) is 2.07. The molecule has 1 amide bonds. The zero-order chi connectivity index (χ0) is 15.7. The van der Waals surface area contributed by atoms with E-state index in [1.807, 2.05) is 0 Å². The van der Waals surface area contributed by atoms with E-state index in [0.717, 1.165) is 24.1 Å². The van der Waals surface area contributed by atoms with Gasteiger partial charge in [0.1, 0.15) is 11.6 Å². The van der Waals surface area contributed by atoms with E-state index in [4.69, 9.17) is 4.74 Å². The number of benzene rings is 1. The van der Waals surface area contributed by atoms with E-state index in [-0.39, 0.29) is 24.1 Å². The van der Waals surface area contributed by atoms with Gasteiger partial charge >= 0.3 is 0 Å². The number of aromatic amines is 1. The first-order valence-electron chi connectivity index (χ1n) is 7.34. The van der Waals surface area contributed by atoms with Gasteiger partial charge in [-0.25, -0.2) is 4.39 Å². The monoisotopic (exact) mass is 303 g/mol. The number of methoxy groups -OCH3 is 1. The highest BCUT2D eigenvalue weighted by molar-refractivity contribution is 5.94. The Balaban J connectivity index is 2.12. The van der Waals surface area contributed by atoms with Gasteiger partial charge < -0.3 is 10.1 Å². The van der Waals surface area contributed by atoms with Crippen LogP contribution in [-0.2, 0) is 11.2 Å². The molecule has 0 bridgehead atoms. The molecule has 2 heterocycles. The molecule has 0 saturated heterocycles. The van der Waals surface area contributed by atoms with E-state index < -0.39 is 0 Å². The predicted octanol–water partition coefficient (Wildman–Crippen LogP) is 2.98. The summed E-state index contributed by atoms with van der Waals surface area (Å²) in [5.74, 6) is 0.236. The molecule has 116 valence electrons. The maximum Gasteiger partial charge on any atom is 0.226 e. The van der Waals surface area contributed by atoms with Gasteiger partial charge in [-0.05, 0) is 30.2 Å². The van der Waals surface area contributed by atoms with Crippen LogP contribution in [0.2, 0.25) is 0 Å². The number of nitrogens with zero attached hydrogens (tertiary/aromatic N) is 1. The van der Waals surface area contributed by atoms with Crippen LogP contribution in [0.3, 0.4) is 0 Å². The average molecular weight is 303 g/mol. The molecule has 1 aliphatic rings. The molecule has 0 aliphatic carbocycles. The Morgan fingerprint density at radius 3 is 3.00 bits per heavy atom. The molecule has 1 aromatic heterocycles. The van der Waals surface area contributed by atoms with Crippen LogP contribution in [0.1, 0.15) is 42.5 Å². The van der Waals surface area contributed by atoms with Crippen LogP contribution in [0.25, 0.3) is 0 Å². The summed E-state index contributed by atoms with van der Waals surface area (Å²) in [4.78, 5) is 11.9. The molecule has 1 atom stereocenters. The number of nitrogens with one attached hydrogen (secondary N) is 2. The Morgan fingerprint density at radius 1 is 1.45 bits per heavy atom. The SMILES string of the molecule is CCCc1[nH]nc2c1[C@@H](c1cc(OC)ccc1F)CC(=O)N2. The number of rotatable bonds is 4. The van der Waals surface area contributed by atoms with Gasteiger partial charge in [-0.1, -0.05) is 13.3 Å². The van der Waals surface area contributed by atoms with Crippen LogP contribution >= 0.6 is 0 Å². The van der Waals surface area contributed by atoms with Crippen molar-refractivity contribution in [2.45, 2.75) is 32.1 Å². The van der Waals surface area contributed by atoms with Gasteiger partial charge in [0.15, 0.2) is 5.82 Å². The fraction of sp³-hybridized carbons (Fsp3) is 0.375. The van der Waals surface area contributed by atoms with Gasteiger partial charge in [-0.2, -0.15) is 5.10 Å². The summed E-state index contributed by atoms with van der Waals surface area (Å²) in [6.07, 6.45) is 1.95. The number of amides is 1. The van der Waals surface area contributed by atoms with Crippen molar-refractivity contribution in [1.82, 2.24) is 10.2 Å². The van der Waals surface area contributed by atoms with Gasteiger partial charge in [0.2, 0.25) is 5.91 Å². The number of halogens is 1. The number of H-pyrrole nitrogens is 1. The number of fused-ring (bicyclic) bond motifs is 1. The quantitative estimate of drug-likeness (QED) is 0.912. The molecule has 0 fully saturated rings. The average Bonchev–Trinajstić information content (AvgIpc) is 2.90. The van der Waals surface area contributed by atoms with Crippen molar-refractivity contribution in [3.05, 3.63) is 40.8 Å². The molecule has 6 heteroatoms. The Hall–Kier alpha value is -2.37. The van der Waals surface area contributed by atoms with Crippen molar-refractivity contribution >= 4 is 11.7 Å². The maximum absolute atomic E-state index is 14.3. The summed E-state index contributed by atoms with van der Waals surface area (Å²) in [5, 5.41) is 9.88. The minimum absolute atomic E-state index is 0.158. The van der Waals surface area contributed by atoms with Crippen LogP contribution in [0.5, 0.6) is 5.75 Å². The summed E-state index contributed by atoms with van der Waals surface area (Å²) in [7, 11) is 1.54. The van der Waals surface area contributed by atoms with Crippen molar-refractivity contribution in [2.24, 2.45) is 0 Å². The zero-order valence-corrected chi connectivity index (χ0v) is 12.6. The summed E-state index contributed by atoms with van der Waals surface area (Å²) >= 11 is 0. The lowest BCUT2D eigenvalue weighted by atomic mass is 9.84. The molecule has 0 unspecified atom stereocenters. The van der Waals surface area contributed by atoms with Gasteiger partial charge in [-0.15, -0.1) is 0 Å². The summed E-state index contributed by atoms with van der Waals surface area (Å²) in [5.41, 5.74) is 2.30. The Labute approximate surface area is 127 Å². The summed E-state index contributed by atoms with van der Waals surface area (Å²) < 4.78 is 19.5. The zero-order valence-electron chi connectivity index (χ0n) is 12.6. The van der Waals surface area contributed by atoms with Gasteiger partial charge in [-0.3, -0.25) is 9.89 Å². The number of carbonyl (C=O) groups is 1. The minimum Gasteiger partial charge on any atom is -0.497 e. The van der Waals surface area contributed by atoms with E-state index in [1.54, 1.807) is 12.1 Å². The highest BCUT2D eigenvalue weighted by Gasteiger charge is 2.33. The van der Waals surface area contributed by atoms with Crippen molar-refractivity contribution in [1.29, 1.82) is 0 Å². The Bertz CT molecular complexity index is 711. The van der Waals surface area contributed by atoms with Crippen molar-refractivity contribution in [3.8, 4) is 5.75 Å². The number of hydrogen-bond acceptors (Lipinski definition) is 3. The molecule has 1 aromatic carbocycles. The molecule has 2 N–H and O–H groups in total. The first-order chi connectivity index (χ1) is 10.6. The predicted molar refractivity (Wildman–Crippen MR) is 80.6 cm³/mol. The number of hydrogen-bond donors (Lipinski definition) is 2. The van der Waals surface area contributed by atoms with E-state index in [1.165, 1.54) is 13.2 Å². The maximum atomic E-state index is 14.3. The van der Waals surface area contributed by atoms with Crippen molar-refractivity contribution in [3.63, 3.8) is 0 Å². The smallest absolute Gasteiger partial charge is 0.226 e. The normalized spacial score (nSPS) is 17.0. The van der Waals surface area contributed by atoms with E-state index in [2.05, 4.69) is 22.4 Å². The lowest BCUT2D eigenvalue weighted by Crippen LogP contribution is -2.24. The van der Waals surface area contributed by atoms with Crippen LogP contribution in [0, 0.1) is 5.82 Å². The van der Waals surface area contributed by atoms with Crippen LogP contribution < -0.4 is 10.1 Å². The van der Waals surface area contributed by atoms with Gasteiger partial charge in [0.25, 0.3) is 0 Å². The third kappa shape index (κ3) is 2.45. The molecule has 22 heavy (non-hydrogen) atoms. The second-order valence-electron chi connectivity index (χ2n) is 5.41. The minimum atomic E-state index is -0.348. The van der Waals surface area contributed by atoms with Crippen molar-refractivity contribution < 1.29 is 13.9 Å². The molecule has 3 rings (SSSR count). The van der Waals surface area contributed by atoms with Gasteiger partial charge in [0.05, 0.1) is 7.11 Å². The third-order valence-corrected chi connectivity index (χ3v) is 3.96. The molecule has 0 spiro atoms. The second kappa shape index (κ2) is 5.79. The lowest BCUT2D eigenvalue weighted by Gasteiger charge is -2.24. The standard InChI is InChI=1S/C16H18FN3O2/c1-3-4-13-15-11(8-14(21)18-16(15)20-19-13)10-7-9(22-2)5-6-12(10)17/h5-7,11H,3-4,8H2,1-2H3,(H2,18,19,20,21)/t11-/m1/s1. The first kappa shape index (κ1) is 14.6. The van der Waals surface area contributed by atoms with Crippen LogP contribution in [-0.4, -0.2) is 23.2 Å². The van der Waals surface area contributed by atoms with E-state index in [9.17, 15) is 9.18 Å². The first-order valence-corrected chi connectivity index (χ1v) is 7.34. The van der Waals surface area contributed by atoms with E-state index >= 15 is 0 Å². The number of carbonyl (C=O) groups excluding carboxylic acids is 1. The lowest BCUT2D eigenvalue weighted by molar-refractivity contribution is -0.116. The fourth-order valence-corrected chi connectivity index (χ4v) is 2.95.